The van der Waals surface area contributed by atoms with Crippen molar-refractivity contribution in [3.63, 3.8) is 0 Å². The van der Waals surface area contributed by atoms with Gasteiger partial charge in [0.05, 0.1) is 6.26 Å². The summed E-state index contributed by atoms with van der Waals surface area (Å²) in [5, 5.41) is 0. The maximum Gasteiger partial charge on any atom is 0.310 e. The van der Waals surface area contributed by atoms with E-state index >= 15 is 0 Å². The smallest absolute Gasteiger partial charge is 0.310 e. The van der Waals surface area contributed by atoms with Crippen LogP contribution in [0.25, 0.3) is 0 Å². The Kier molecular flexibility index (Phi) is 5.53. The van der Waals surface area contributed by atoms with Crippen LogP contribution in [0, 0.1) is 0 Å². The largest absolute Gasteiger partial charge is 0.435 e. The van der Waals surface area contributed by atoms with E-state index in [1.165, 1.54) is 6.26 Å². The van der Waals surface area contributed by atoms with Crippen molar-refractivity contribution in [2.45, 2.75) is 40.0 Å². The van der Waals surface area contributed by atoms with Gasteiger partial charge in [0, 0.05) is 6.42 Å². The number of carbonyl (C=O) groups is 1. The Morgan fingerprint density at radius 3 is 2.55 bits per heavy atom. The topological polar surface area (TPSA) is 26.3 Å². The minimum Gasteiger partial charge on any atom is -0.435 e. The summed E-state index contributed by atoms with van der Waals surface area (Å²) in [6.07, 6.45) is 3.82. The second kappa shape index (κ2) is 5.96. The summed E-state index contributed by atoms with van der Waals surface area (Å²) in [5.74, 6) is -0.139. The van der Waals surface area contributed by atoms with E-state index in [0.717, 1.165) is 18.4 Å². The summed E-state index contributed by atoms with van der Waals surface area (Å²) >= 11 is 0. The predicted octanol–water partition coefficient (Wildman–Crippen LogP) is 2.64. The molecule has 0 saturated carbocycles. The highest BCUT2D eigenvalue weighted by molar-refractivity contribution is 5.69. The molecule has 0 aliphatic rings. The summed E-state index contributed by atoms with van der Waals surface area (Å²) < 4.78 is 4.83. The van der Waals surface area contributed by atoms with Crippen molar-refractivity contribution in [3.05, 3.63) is 11.8 Å². The van der Waals surface area contributed by atoms with E-state index in [1.807, 2.05) is 20.8 Å². The predicted molar refractivity (Wildman–Crippen MR) is 45.0 cm³/mol. The fraction of sp³-hybridized carbons (Fsp3) is 0.667. The maximum atomic E-state index is 10.8. The van der Waals surface area contributed by atoms with E-state index in [9.17, 15) is 4.79 Å². The van der Waals surface area contributed by atoms with E-state index < -0.39 is 0 Å². The van der Waals surface area contributed by atoms with Crippen LogP contribution >= 0.6 is 0 Å². The van der Waals surface area contributed by atoms with Gasteiger partial charge in [0.15, 0.2) is 0 Å². The molecule has 0 saturated heterocycles. The van der Waals surface area contributed by atoms with Crippen LogP contribution in [0.1, 0.15) is 40.0 Å². The lowest BCUT2D eigenvalue weighted by atomic mass is 10.3. The van der Waals surface area contributed by atoms with Gasteiger partial charge in [-0.3, -0.25) is 4.79 Å². The maximum absolute atomic E-state index is 10.8. The van der Waals surface area contributed by atoms with Gasteiger partial charge < -0.3 is 4.74 Å². The first-order valence-corrected chi connectivity index (χ1v) is 4.05. The van der Waals surface area contributed by atoms with Crippen molar-refractivity contribution in [2.75, 3.05) is 0 Å². The van der Waals surface area contributed by atoms with E-state index in [4.69, 9.17) is 4.74 Å². The van der Waals surface area contributed by atoms with E-state index in [2.05, 4.69) is 0 Å². The van der Waals surface area contributed by atoms with Gasteiger partial charge >= 0.3 is 5.97 Å². The molecule has 0 fully saturated rings. The molecule has 0 N–H and O–H groups in total. The van der Waals surface area contributed by atoms with E-state index in [0.29, 0.717) is 6.42 Å². The molecule has 0 aliphatic heterocycles. The second-order valence-electron chi connectivity index (χ2n) is 2.56. The highest BCUT2D eigenvalue weighted by Crippen LogP contribution is 1.99. The van der Waals surface area contributed by atoms with Crippen molar-refractivity contribution in [1.29, 1.82) is 0 Å². The molecular formula is C9H16O2. The standard InChI is InChI=1S/C9H16O2/c1-4-6-9(10)11-7-8(3)5-2/h7H,4-6H2,1-3H3. The van der Waals surface area contributed by atoms with Crippen molar-refractivity contribution >= 4 is 5.97 Å². The second-order valence-corrected chi connectivity index (χ2v) is 2.56. The van der Waals surface area contributed by atoms with Gasteiger partial charge in [-0.15, -0.1) is 0 Å². The molecule has 2 nitrogen and oxygen atoms in total. The number of hydrogen-bond acceptors (Lipinski definition) is 2. The molecule has 2 heteroatoms. The summed E-state index contributed by atoms with van der Waals surface area (Å²) in [6.45, 7) is 5.93. The minimum absolute atomic E-state index is 0.139. The molecule has 0 aromatic carbocycles. The van der Waals surface area contributed by atoms with Crippen LogP contribution in [0.4, 0.5) is 0 Å². The zero-order chi connectivity index (χ0) is 8.69. The molecular weight excluding hydrogens is 140 g/mol. The molecule has 0 unspecified atom stereocenters. The van der Waals surface area contributed by atoms with Crippen molar-refractivity contribution in [3.8, 4) is 0 Å². The Bertz CT molecular complexity index is 148. The normalized spacial score (nSPS) is 11.4. The van der Waals surface area contributed by atoms with E-state index in [1.54, 1.807) is 0 Å². The van der Waals surface area contributed by atoms with Crippen molar-refractivity contribution < 1.29 is 9.53 Å². The van der Waals surface area contributed by atoms with Crippen molar-refractivity contribution in [1.82, 2.24) is 0 Å². The fourth-order valence-corrected chi connectivity index (χ4v) is 0.513. The SMILES string of the molecule is CCCC(=O)OC=C(C)CC. The number of rotatable bonds is 4. The van der Waals surface area contributed by atoms with Crippen molar-refractivity contribution in [2.24, 2.45) is 0 Å². The molecule has 0 atom stereocenters. The van der Waals surface area contributed by atoms with Crippen LogP contribution in [0.15, 0.2) is 11.8 Å². The average Bonchev–Trinajstić information content (AvgIpc) is 2.01. The summed E-state index contributed by atoms with van der Waals surface area (Å²) in [7, 11) is 0. The van der Waals surface area contributed by atoms with Crippen LogP contribution in [-0.2, 0) is 9.53 Å². The van der Waals surface area contributed by atoms with Gasteiger partial charge in [0.25, 0.3) is 0 Å². The number of hydrogen-bond donors (Lipinski definition) is 0. The molecule has 0 heterocycles. The molecule has 0 amide bonds. The third kappa shape index (κ3) is 5.64. The van der Waals surface area contributed by atoms with Crippen LogP contribution in [0.3, 0.4) is 0 Å². The Hall–Kier alpha value is -0.790. The fourth-order valence-electron chi connectivity index (χ4n) is 0.513. The molecule has 0 aliphatic carbocycles. The van der Waals surface area contributed by atoms with Gasteiger partial charge in [-0.05, 0) is 25.3 Å². The molecule has 0 aromatic rings. The third-order valence-corrected chi connectivity index (χ3v) is 1.40. The van der Waals surface area contributed by atoms with Crippen LogP contribution in [0.5, 0.6) is 0 Å². The highest BCUT2D eigenvalue weighted by atomic mass is 16.5. The first kappa shape index (κ1) is 10.2. The zero-order valence-electron chi connectivity index (χ0n) is 7.52. The van der Waals surface area contributed by atoms with Crippen LogP contribution in [0.2, 0.25) is 0 Å². The molecule has 0 bridgehead atoms. The number of esters is 1. The summed E-state index contributed by atoms with van der Waals surface area (Å²) in [6, 6.07) is 0. The Morgan fingerprint density at radius 2 is 2.09 bits per heavy atom. The number of allylic oxidation sites excluding steroid dienone is 1. The highest BCUT2D eigenvalue weighted by Gasteiger charge is 1.96. The average molecular weight is 156 g/mol. The Balaban J connectivity index is 3.60. The Morgan fingerprint density at radius 1 is 1.45 bits per heavy atom. The minimum atomic E-state index is -0.139. The summed E-state index contributed by atoms with van der Waals surface area (Å²) in [5.41, 5.74) is 1.09. The van der Waals surface area contributed by atoms with Gasteiger partial charge in [-0.1, -0.05) is 13.8 Å². The lowest BCUT2D eigenvalue weighted by molar-refractivity contribution is -0.138. The molecule has 64 valence electrons. The molecule has 0 radical (unpaired) electrons. The zero-order valence-corrected chi connectivity index (χ0v) is 7.52. The first-order chi connectivity index (χ1) is 5.20. The van der Waals surface area contributed by atoms with Crippen LogP contribution < -0.4 is 0 Å². The van der Waals surface area contributed by atoms with E-state index in [-0.39, 0.29) is 5.97 Å². The van der Waals surface area contributed by atoms with Gasteiger partial charge in [-0.25, -0.2) is 0 Å². The number of ether oxygens (including phenoxy) is 1. The molecule has 0 aromatic heterocycles. The molecule has 0 rings (SSSR count). The molecule has 11 heavy (non-hydrogen) atoms. The first-order valence-electron chi connectivity index (χ1n) is 4.05. The quantitative estimate of drug-likeness (QED) is 0.462. The van der Waals surface area contributed by atoms with Gasteiger partial charge in [0.2, 0.25) is 0 Å². The van der Waals surface area contributed by atoms with Gasteiger partial charge in [0.1, 0.15) is 0 Å². The summed E-state index contributed by atoms with van der Waals surface area (Å²) in [4.78, 5) is 10.8. The Labute approximate surface area is 68.2 Å². The van der Waals surface area contributed by atoms with Crippen LogP contribution in [-0.4, -0.2) is 5.97 Å². The molecule has 0 spiro atoms. The lowest BCUT2D eigenvalue weighted by Crippen LogP contribution is -1.98. The lowest BCUT2D eigenvalue weighted by Gasteiger charge is -1.97. The van der Waals surface area contributed by atoms with Gasteiger partial charge in [-0.2, -0.15) is 0 Å². The third-order valence-electron chi connectivity index (χ3n) is 1.40. The number of carbonyl (C=O) groups excluding carboxylic acids is 1. The monoisotopic (exact) mass is 156 g/mol.